The minimum Gasteiger partial charge on any atom is -0.459 e. The summed E-state index contributed by atoms with van der Waals surface area (Å²) in [7, 11) is -3.85. The van der Waals surface area contributed by atoms with Crippen LogP contribution in [-0.4, -0.2) is 19.1 Å². The summed E-state index contributed by atoms with van der Waals surface area (Å²) in [5.41, 5.74) is 2.28. The van der Waals surface area contributed by atoms with Crippen molar-refractivity contribution in [2.75, 3.05) is 0 Å². The molecule has 4 rings (SSSR count). The van der Waals surface area contributed by atoms with Crippen LogP contribution < -0.4 is 5.32 Å². The maximum atomic E-state index is 13.7. The molecule has 0 bridgehead atoms. The Bertz CT molecular complexity index is 1170. The van der Waals surface area contributed by atoms with Gasteiger partial charge in [0, 0.05) is 5.39 Å². The van der Waals surface area contributed by atoms with Crippen molar-refractivity contribution in [3.05, 3.63) is 65.4 Å². The fourth-order valence-corrected chi connectivity index (χ4v) is 6.77. The lowest BCUT2D eigenvalue weighted by Crippen LogP contribution is -2.51. The molecule has 30 heavy (non-hydrogen) atoms. The second kappa shape index (κ2) is 7.58. The Morgan fingerprint density at radius 2 is 1.77 bits per heavy atom. The highest BCUT2D eigenvalue weighted by Gasteiger charge is 2.53. The monoisotopic (exact) mass is 425 g/mol. The molecule has 1 fully saturated rings. The van der Waals surface area contributed by atoms with Crippen LogP contribution in [0.5, 0.6) is 0 Å². The topological polar surface area (TPSA) is 76.4 Å². The number of hydrogen-bond donors (Lipinski definition) is 1. The van der Waals surface area contributed by atoms with Crippen molar-refractivity contribution in [2.24, 2.45) is 0 Å². The second-order valence-corrected chi connectivity index (χ2v) is 10.6. The van der Waals surface area contributed by atoms with E-state index in [4.69, 9.17) is 4.42 Å². The third-order valence-electron chi connectivity index (χ3n) is 6.19. The summed E-state index contributed by atoms with van der Waals surface area (Å²) >= 11 is 0. The Morgan fingerprint density at radius 1 is 1.07 bits per heavy atom. The zero-order chi connectivity index (χ0) is 21.5. The largest absolute Gasteiger partial charge is 0.459 e. The van der Waals surface area contributed by atoms with E-state index >= 15 is 0 Å². The molecule has 2 aromatic carbocycles. The Balaban J connectivity index is 1.68. The lowest BCUT2D eigenvalue weighted by molar-refractivity contribution is -0.124. The zero-order valence-electron chi connectivity index (χ0n) is 17.6. The number of rotatable bonds is 5. The number of nitrogens with one attached hydrogen (secondary N) is 1. The summed E-state index contributed by atoms with van der Waals surface area (Å²) in [5.74, 6) is 0.177. The van der Waals surface area contributed by atoms with E-state index in [0.717, 1.165) is 29.4 Å². The van der Waals surface area contributed by atoms with E-state index in [1.807, 2.05) is 50.2 Å². The van der Waals surface area contributed by atoms with Gasteiger partial charge in [0.2, 0.25) is 5.91 Å². The lowest BCUT2D eigenvalue weighted by Gasteiger charge is -2.29. The Morgan fingerprint density at radius 3 is 2.47 bits per heavy atom. The van der Waals surface area contributed by atoms with E-state index in [0.29, 0.717) is 24.2 Å². The molecular weight excluding hydrogens is 398 g/mol. The zero-order valence-corrected chi connectivity index (χ0v) is 18.4. The number of sulfone groups is 1. The summed E-state index contributed by atoms with van der Waals surface area (Å²) in [5, 5.41) is 3.89. The maximum Gasteiger partial charge on any atom is 0.242 e. The highest BCUT2D eigenvalue weighted by Crippen LogP contribution is 2.42. The first-order valence-electron chi connectivity index (χ1n) is 10.4. The molecule has 0 aliphatic heterocycles. The molecule has 5 nitrogen and oxygen atoms in total. The number of para-hydroxylation sites is 1. The quantitative estimate of drug-likeness (QED) is 0.623. The number of benzene rings is 2. The lowest BCUT2D eigenvalue weighted by atomic mass is 10.1. The van der Waals surface area contributed by atoms with Gasteiger partial charge in [-0.25, -0.2) is 8.42 Å². The van der Waals surface area contributed by atoms with Gasteiger partial charge in [0.15, 0.2) is 14.6 Å². The highest BCUT2D eigenvalue weighted by atomic mass is 32.2. The van der Waals surface area contributed by atoms with Crippen molar-refractivity contribution in [1.82, 2.24) is 5.32 Å². The predicted molar refractivity (Wildman–Crippen MR) is 117 cm³/mol. The molecule has 0 saturated heterocycles. The van der Waals surface area contributed by atoms with Crippen molar-refractivity contribution in [2.45, 2.75) is 62.1 Å². The molecule has 3 aromatic rings. The van der Waals surface area contributed by atoms with Gasteiger partial charge < -0.3 is 9.73 Å². The number of carbonyl (C=O) groups is 1. The number of aryl methyl sites for hydroxylation is 2. The molecule has 0 spiro atoms. The van der Waals surface area contributed by atoms with Crippen molar-refractivity contribution >= 4 is 26.7 Å². The molecule has 0 radical (unpaired) electrons. The predicted octanol–water partition coefficient (Wildman–Crippen LogP) is 5.01. The fourth-order valence-electron chi connectivity index (χ4n) is 4.39. The smallest absolute Gasteiger partial charge is 0.242 e. The van der Waals surface area contributed by atoms with E-state index < -0.39 is 26.5 Å². The van der Waals surface area contributed by atoms with Crippen LogP contribution in [0, 0.1) is 13.8 Å². The van der Waals surface area contributed by atoms with Gasteiger partial charge >= 0.3 is 0 Å². The van der Waals surface area contributed by atoms with E-state index in [9.17, 15) is 13.2 Å². The van der Waals surface area contributed by atoms with Crippen LogP contribution >= 0.6 is 0 Å². The van der Waals surface area contributed by atoms with Crippen LogP contribution in [0.2, 0.25) is 0 Å². The number of hydrogen-bond acceptors (Lipinski definition) is 4. The second-order valence-electron chi connectivity index (χ2n) is 8.36. The minimum atomic E-state index is -3.85. The molecule has 1 amide bonds. The molecule has 1 aliphatic rings. The Kier molecular flexibility index (Phi) is 5.22. The van der Waals surface area contributed by atoms with Gasteiger partial charge in [-0.2, -0.15) is 0 Å². The summed E-state index contributed by atoms with van der Waals surface area (Å²) in [6, 6.07) is 14.5. The van der Waals surface area contributed by atoms with Gasteiger partial charge in [-0.1, -0.05) is 43.2 Å². The van der Waals surface area contributed by atoms with Crippen LogP contribution in [0.1, 0.15) is 55.5 Å². The molecule has 6 heteroatoms. The SMILES string of the molecule is Cc1ccc(C)c(S(=O)(=O)C2(C(=O)NC(C)c3cc4ccccc4o3)CCCC2)c1. The van der Waals surface area contributed by atoms with Gasteiger partial charge in [0.25, 0.3) is 0 Å². The summed E-state index contributed by atoms with van der Waals surface area (Å²) in [6.07, 6.45) is 2.11. The first kappa shape index (κ1) is 20.7. The number of carbonyl (C=O) groups excluding carboxylic acids is 1. The van der Waals surface area contributed by atoms with E-state index in [1.165, 1.54) is 0 Å². The maximum absolute atomic E-state index is 13.7. The number of fused-ring (bicyclic) bond motifs is 1. The molecular formula is C24H27NO4S. The first-order valence-corrected chi connectivity index (χ1v) is 11.8. The Hall–Kier alpha value is -2.60. The van der Waals surface area contributed by atoms with Crippen LogP contribution in [0.3, 0.4) is 0 Å². The molecule has 158 valence electrons. The molecule has 1 unspecified atom stereocenters. The van der Waals surface area contributed by atoms with Gasteiger partial charge in [0.1, 0.15) is 11.3 Å². The van der Waals surface area contributed by atoms with Crippen LogP contribution in [0.4, 0.5) is 0 Å². The summed E-state index contributed by atoms with van der Waals surface area (Å²) < 4.78 is 31.9. The highest BCUT2D eigenvalue weighted by molar-refractivity contribution is 7.93. The van der Waals surface area contributed by atoms with E-state index in [2.05, 4.69) is 5.32 Å². The van der Waals surface area contributed by atoms with Crippen LogP contribution in [0.15, 0.2) is 57.8 Å². The van der Waals surface area contributed by atoms with Gasteiger partial charge in [-0.3, -0.25) is 4.79 Å². The fraction of sp³-hybridized carbons (Fsp3) is 0.375. The van der Waals surface area contributed by atoms with Crippen molar-refractivity contribution in [1.29, 1.82) is 0 Å². The van der Waals surface area contributed by atoms with Crippen molar-refractivity contribution in [3.63, 3.8) is 0 Å². The first-order chi connectivity index (χ1) is 14.2. The Labute approximate surface area is 177 Å². The summed E-state index contributed by atoms with van der Waals surface area (Å²) in [4.78, 5) is 13.7. The molecule has 1 atom stereocenters. The van der Waals surface area contributed by atoms with E-state index in [-0.39, 0.29) is 4.90 Å². The standard InChI is InChI=1S/C24H27NO4S/c1-16-10-11-17(2)22(14-16)30(27,28)24(12-6-7-13-24)23(26)25-18(3)21-15-19-8-4-5-9-20(19)29-21/h4-5,8-11,14-15,18H,6-7,12-13H2,1-3H3,(H,25,26). The van der Waals surface area contributed by atoms with Crippen molar-refractivity contribution < 1.29 is 17.6 Å². The van der Waals surface area contributed by atoms with Gasteiger partial charge in [0.05, 0.1) is 10.9 Å². The van der Waals surface area contributed by atoms with E-state index in [1.54, 1.807) is 19.1 Å². The minimum absolute atomic E-state index is 0.260. The van der Waals surface area contributed by atoms with Crippen LogP contribution in [0.25, 0.3) is 11.0 Å². The van der Waals surface area contributed by atoms with Gasteiger partial charge in [-0.05, 0) is 62.9 Å². The third kappa shape index (κ3) is 3.33. The molecule has 1 aliphatic carbocycles. The summed E-state index contributed by atoms with van der Waals surface area (Å²) in [6.45, 7) is 5.47. The normalized spacial score (nSPS) is 17.2. The third-order valence-corrected chi connectivity index (χ3v) is 8.83. The average molecular weight is 426 g/mol. The molecule has 1 aromatic heterocycles. The molecule has 1 saturated carbocycles. The number of furan rings is 1. The van der Waals surface area contributed by atoms with Crippen molar-refractivity contribution in [3.8, 4) is 0 Å². The molecule has 1 N–H and O–H groups in total. The number of amides is 1. The van der Waals surface area contributed by atoms with Gasteiger partial charge in [-0.15, -0.1) is 0 Å². The molecule has 1 heterocycles. The average Bonchev–Trinajstić information content (AvgIpc) is 3.37. The van der Waals surface area contributed by atoms with Crippen LogP contribution in [-0.2, 0) is 14.6 Å².